The lowest BCUT2D eigenvalue weighted by atomic mass is 9.98. The molecule has 68 valence electrons. The fourth-order valence-electron chi connectivity index (χ4n) is 1.89. The maximum Gasteiger partial charge on any atom is 0.133 e. The van der Waals surface area contributed by atoms with E-state index in [2.05, 4.69) is 40.8 Å². The predicted octanol–water partition coefficient (Wildman–Crippen LogP) is 3.13. The quantitative estimate of drug-likeness (QED) is 0.725. The topological polar surface area (TPSA) is 17.1 Å². The third-order valence-electron chi connectivity index (χ3n) is 2.59. The second-order valence-electron chi connectivity index (χ2n) is 3.50. The van der Waals surface area contributed by atoms with Gasteiger partial charge in [-0.1, -0.05) is 18.2 Å². The lowest BCUT2D eigenvalue weighted by molar-refractivity contribution is -0.117. The molecule has 0 aliphatic heterocycles. The molecule has 1 unspecified atom stereocenters. The molecule has 1 aromatic rings. The standard InChI is InChI=1S/C11H11IO/c12-11-4-2-1-3-10(11)8-5-6-9(13)7-8/h1-4,8H,5-7H2. The van der Waals surface area contributed by atoms with E-state index >= 15 is 0 Å². The highest BCUT2D eigenvalue weighted by molar-refractivity contribution is 14.1. The third kappa shape index (κ3) is 1.93. The predicted molar refractivity (Wildman–Crippen MR) is 60.8 cm³/mol. The van der Waals surface area contributed by atoms with E-state index in [0.29, 0.717) is 11.7 Å². The Morgan fingerprint density at radius 3 is 2.69 bits per heavy atom. The summed E-state index contributed by atoms with van der Waals surface area (Å²) in [6.45, 7) is 0. The van der Waals surface area contributed by atoms with Crippen LogP contribution in [0, 0.1) is 3.57 Å². The van der Waals surface area contributed by atoms with Crippen molar-refractivity contribution in [3.8, 4) is 0 Å². The van der Waals surface area contributed by atoms with E-state index in [9.17, 15) is 4.79 Å². The van der Waals surface area contributed by atoms with Crippen LogP contribution in [0.3, 0.4) is 0 Å². The van der Waals surface area contributed by atoms with Crippen LogP contribution in [-0.4, -0.2) is 5.78 Å². The molecule has 1 saturated carbocycles. The van der Waals surface area contributed by atoms with Gasteiger partial charge < -0.3 is 0 Å². The number of benzene rings is 1. The number of hydrogen-bond donors (Lipinski definition) is 0. The van der Waals surface area contributed by atoms with Crippen LogP contribution in [0.25, 0.3) is 0 Å². The van der Waals surface area contributed by atoms with Gasteiger partial charge in [0.1, 0.15) is 5.78 Å². The molecule has 0 N–H and O–H groups in total. The molecule has 2 rings (SSSR count). The summed E-state index contributed by atoms with van der Waals surface area (Å²) in [5.74, 6) is 0.908. The molecule has 1 nitrogen and oxygen atoms in total. The summed E-state index contributed by atoms with van der Waals surface area (Å²) in [4.78, 5) is 11.1. The number of Topliss-reactive ketones (excluding diaryl/α,β-unsaturated/α-hetero) is 1. The summed E-state index contributed by atoms with van der Waals surface area (Å²) in [7, 11) is 0. The van der Waals surface area contributed by atoms with E-state index in [1.54, 1.807) is 0 Å². The van der Waals surface area contributed by atoms with Gasteiger partial charge in [-0.15, -0.1) is 0 Å². The van der Waals surface area contributed by atoms with Crippen molar-refractivity contribution in [1.82, 2.24) is 0 Å². The molecule has 1 atom stereocenters. The molecular formula is C11H11IO. The van der Waals surface area contributed by atoms with Crippen molar-refractivity contribution in [3.05, 3.63) is 33.4 Å². The van der Waals surface area contributed by atoms with E-state index in [0.717, 1.165) is 19.3 Å². The van der Waals surface area contributed by atoms with E-state index in [4.69, 9.17) is 0 Å². The van der Waals surface area contributed by atoms with Crippen LogP contribution < -0.4 is 0 Å². The SMILES string of the molecule is O=C1CCC(c2ccccc2I)C1. The Morgan fingerprint density at radius 1 is 1.31 bits per heavy atom. The summed E-state index contributed by atoms with van der Waals surface area (Å²) in [6, 6.07) is 8.35. The number of ketones is 1. The Kier molecular flexibility index (Phi) is 2.67. The Labute approximate surface area is 91.7 Å². The first-order chi connectivity index (χ1) is 6.27. The number of hydrogen-bond acceptors (Lipinski definition) is 1. The summed E-state index contributed by atoms with van der Waals surface area (Å²) in [5, 5.41) is 0. The minimum absolute atomic E-state index is 0.421. The smallest absolute Gasteiger partial charge is 0.133 e. The van der Waals surface area contributed by atoms with Crippen molar-refractivity contribution >= 4 is 28.4 Å². The molecule has 0 radical (unpaired) electrons. The van der Waals surface area contributed by atoms with E-state index in [1.807, 2.05) is 6.07 Å². The minimum Gasteiger partial charge on any atom is -0.300 e. The first-order valence-electron chi connectivity index (χ1n) is 4.53. The second kappa shape index (κ2) is 3.78. The van der Waals surface area contributed by atoms with Crippen molar-refractivity contribution in [1.29, 1.82) is 0 Å². The van der Waals surface area contributed by atoms with Gasteiger partial charge in [0, 0.05) is 16.4 Å². The number of rotatable bonds is 1. The second-order valence-corrected chi connectivity index (χ2v) is 4.66. The minimum atomic E-state index is 0.421. The van der Waals surface area contributed by atoms with Crippen molar-refractivity contribution < 1.29 is 4.79 Å². The molecule has 0 spiro atoms. The third-order valence-corrected chi connectivity index (χ3v) is 3.57. The maximum atomic E-state index is 11.1. The van der Waals surface area contributed by atoms with Crippen LogP contribution in [0.4, 0.5) is 0 Å². The Bertz CT molecular complexity index is 333. The molecule has 0 aromatic heterocycles. The molecule has 0 heterocycles. The van der Waals surface area contributed by atoms with Crippen LogP contribution in [0.5, 0.6) is 0 Å². The zero-order valence-corrected chi connectivity index (χ0v) is 9.45. The zero-order chi connectivity index (χ0) is 9.26. The van der Waals surface area contributed by atoms with Crippen LogP contribution in [0.15, 0.2) is 24.3 Å². The summed E-state index contributed by atoms with van der Waals surface area (Å²) in [5.41, 5.74) is 1.36. The Hall–Kier alpha value is -0.380. The zero-order valence-electron chi connectivity index (χ0n) is 7.29. The van der Waals surface area contributed by atoms with Gasteiger partial charge >= 0.3 is 0 Å². The number of carbonyl (C=O) groups is 1. The summed E-state index contributed by atoms with van der Waals surface area (Å²) >= 11 is 2.35. The van der Waals surface area contributed by atoms with Crippen LogP contribution in [0.2, 0.25) is 0 Å². The number of halogens is 1. The average molecular weight is 286 g/mol. The van der Waals surface area contributed by atoms with Gasteiger partial charge in [0.2, 0.25) is 0 Å². The first-order valence-corrected chi connectivity index (χ1v) is 5.61. The van der Waals surface area contributed by atoms with Gasteiger partial charge in [-0.05, 0) is 46.6 Å². The van der Waals surface area contributed by atoms with Gasteiger partial charge in [-0.25, -0.2) is 0 Å². The summed E-state index contributed by atoms with van der Waals surface area (Å²) < 4.78 is 1.29. The highest BCUT2D eigenvalue weighted by Gasteiger charge is 2.24. The van der Waals surface area contributed by atoms with Crippen molar-refractivity contribution in [2.45, 2.75) is 25.2 Å². The van der Waals surface area contributed by atoms with Crippen LogP contribution in [-0.2, 0) is 4.79 Å². The molecule has 2 heteroatoms. The van der Waals surface area contributed by atoms with Crippen LogP contribution in [0.1, 0.15) is 30.7 Å². The van der Waals surface area contributed by atoms with Gasteiger partial charge in [-0.2, -0.15) is 0 Å². The molecule has 1 aromatic carbocycles. The molecule has 13 heavy (non-hydrogen) atoms. The van der Waals surface area contributed by atoms with E-state index < -0.39 is 0 Å². The average Bonchev–Trinajstić information content (AvgIpc) is 2.53. The lowest BCUT2D eigenvalue weighted by Gasteiger charge is -2.09. The lowest BCUT2D eigenvalue weighted by Crippen LogP contribution is -1.96. The Morgan fingerprint density at radius 2 is 2.08 bits per heavy atom. The van der Waals surface area contributed by atoms with Crippen molar-refractivity contribution in [3.63, 3.8) is 0 Å². The highest BCUT2D eigenvalue weighted by Crippen LogP contribution is 2.34. The molecule has 1 aliphatic carbocycles. The van der Waals surface area contributed by atoms with Gasteiger partial charge in [-0.3, -0.25) is 4.79 Å². The highest BCUT2D eigenvalue weighted by atomic mass is 127. The molecule has 0 amide bonds. The monoisotopic (exact) mass is 286 g/mol. The Balaban J connectivity index is 2.26. The maximum absolute atomic E-state index is 11.1. The van der Waals surface area contributed by atoms with Crippen LogP contribution >= 0.6 is 22.6 Å². The fraction of sp³-hybridized carbons (Fsp3) is 0.364. The van der Waals surface area contributed by atoms with Crippen molar-refractivity contribution in [2.75, 3.05) is 0 Å². The molecule has 1 fully saturated rings. The largest absolute Gasteiger partial charge is 0.300 e. The normalized spacial score (nSPS) is 22.2. The van der Waals surface area contributed by atoms with E-state index in [-0.39, 0.29) is 0 Å². The van der Waals surface area contributed by atoms with Crippen molar-refractivity contribution in [2.24, 2.45) is 0 Å². The van der Waals surface area contributed by atoms with Gasteiger partial charge in [0.25, 0.3) is 0 Å². The molecule has 1 aliphatic rings. The first kappa shape index (κ1) is 9.19. The molecule has 0 bridgehead atoms. The fourth-order valence-corrected chi connectivity index (χ4v) is 2.71. The van der Waals surface area contributed by atoms with E-state index in [1.165, 1.54) is 9.13 Å². The summed E-state index contributed by atoms with van der Waals surface area (Å²) in [6.07, 6.45) is 2.56. The number of carbonyl (C=O) groups excluding carboxylic acids is 1. The van der Waals surface area contributed by atoms with Gasteiger partial charge in [0.05, 0.1) is 0 Å². The molecule has 0 saturated heterocycles. The van der Waals surface area contributed by atoms with Gasteiger partial charge in [0.15, 0.2) is 0 Å². The molecular weight excluding hydrogens is 275 g/mol.